The Morgan fingerprint density at radius 2 is 2.03 bits per heavy atom. The smallest absolute Gasteiger partial charge is 0.252 e. The summed E-state index contributed by atoms with van der Waals surface area (Å²) in [6.07, 6.45) is -0.224. The fourth-order valence-electron chi connectivity index (χ4n) is 3.70. The molecule has 3 N–H and O–H groups in total. The Labute approximate surface area is 199 Å². The summed E-state index contributed by atoms with van der Waals surface area (Å²) >= 11 is 1.48. The number of aliphatic hydroxyl groups is 1. The van der Waals surface area contributed by atoms with Crippen LogP contribution in [0.15, 0.2) is 41.3 Å². The molecule has 0 radical (unpaired) electrons. The van der Waals surface area contributed by atoms with Crippen molar-refractivity contribution in [3.63, 3.8) is 0 Å². The molecule has 2 amide bonds. The molecule has 33 heavy (non-hydrogen) atoms. The van der Waals surface area contributed by atoms with Crippen LogP contribution in [0.3, 0.4) is 0 Å². The van der Waals surface area contributed by atoms with Crippen LogP contribution in [-0.2, 0) is 23.8 Å². The van der Waals surface area contributed by atoms with Crippen LogP contribution in [0.1, 0.15) is 34.6 Å². The van der Waals surface area contributed by atoms with Crippen molar-refractivity contribution in [2.75, 3.05) is 18.2 Å². The quantitative estimate of drug-likeness (QED) is 0.559. The van der Waals surface area contributed by atoms with Crippen LogP contribution in [0.4, 0.5) is 5.69 Å². The largest absolute Gasteiger partial charge is 0.387 e. The fraction of sp³-hybridized carbons (Fsp3) is 0.583. The molecule has 2 aliphatic heterocycles. The Hall–Kier alpha value is -1.91. The van der Waals surface area contributed by atoms with E-state index < -0.39 is 42.2 Å². The van der Waals surface area contributed by atoms with Crippen molar-refractivity contribution in [2.45, 2.75) is 75.8 Å². The van der Waals surface area contributed by atoms with Crippen LogP contribution in [-0.4, -0.2) is 66.0 Å². The van der Waals surface area contributed by atoms with Crippen molar-refractivity contribution in [1.82, 2.24) is 5.32 Å². The first kappa shape index (κ1) is 25.7. The molecule has 8 nitrogen and oxygen atoms in total. The summed E-state index contributed by atoms with van der Waals surface area (Å²) in [6, 6.07) is 6.71. The van der Waals surface area contributed by atoms with Gasteiger partial charge in [0.05, 0.1) is 5.69 Å². The summed E-state index contributed by atoms with van der Waals surface area (Å²) in [5.74, 6) is -1.53. The number of benzene rings is 1. The molecule has 0 spiro atoms. The number of methoxy groups -OCH3 is 1. The number of aliphatic hydroxyl groups excluding tert-OH is 1. The molecule has 182 valence electrons. The first-order chi connectivity index (χ1) is 15.4. The van der Waals surface area contributed by atoms with Gasteiger partial charge in [0.25, 0.3) is 5.91 Å². The van der Waals surface area contributed by atoms with E-state index in [1.165, 1.54) is 18.9 Å². The number of carbonyl (C=O) groups excluding carboxylic acids is 2. The van der Waals surface area contributed by atoms with E-state index in [0.717, 1.165) is 4.90 Å². The topological polar surface area (TPSA) is 106 Å². The molecule has 1 aromatic carbocycles. The van der Waals surface area contributed by atoms with Crippen molar-refractivity contribution < 1.29 is 28.9 Å². The lowest BCUT2D eigenvalue weighted by Gasteiger charge is -2.45. The number of amides is 2. The zero-order valence-corrected chi connectivity index (χ0v) is 20.8. The second-order valence-electron chi connectivity index (χ2n) is 9.79. The van der Waals surface area contributed by atoms with Crippen LogP contribution in [0.5, 0.6) is 0 Å². The number of anilines is 1. The molecule has 0 bridgehead atoms. The molecule has 1 saturated heterocycles. The third-order valence-electron chi connectivity index (χ3n) is 5.29. The predicted octanol–water partition coefficient (Wildman–Crippen LogP) is 2.71. The van der Waals surface area contributed by atoms with Crippen LogP contribution < -0.4 is 10.6 Å². The van der Waals surface area contributed by atoms with Gasteiger partial charge >= 0.3 is 0 Å². The minimum absolute atomic E-state index is 0.110. The highest BCUT2D eigenvalue weighted by atomic mass is 32.2. The minimum Gasteiger partial charge on any atom is -0.387 e. The normalized spacial score (nSPS) is 28.5. The molecule has 0 saturated carbocycles. The number of fused-ring (bicyclic) bond motifs is 1. The number of ether oxygens (including phenoxy) is 3. The lowest BCUT2D eigenvalue weighted by molar-refractivity contribution is -0.334. The van der Waals surface area contributed by atoms with E-state index >= 15 is 0 Å². The van der Waals surface area contributed by atoms with E-state index in [-0.39, 0.29) is 11.3 Å². The van der Waals surface area contributed by atoms with E-state index in [4.69, 9.17) is 14.2 Å². The predicted molar refractivity (Wildman–Crippen MR) is 127 cm³/mol. The van der Waals surface area contributed by atoms with Crippen LogP contribution in [0.2, 0.25) is 0 Å². The van der Waals surface area contributed by atoms with E-state index in [1.54, 1.807) is 19.9 Å². The Balaban J connectivity index is 1.74. The first-order valence-electron chi connectivity index (χ1n) is 11.0. The van der Waals surface area contributed by atoms with Gasteiger partial charge in [-0.1, -0.05) is 45.1 Å². The first-order valence-corrected chi connectivity index (χ1v) is 12.0. The summed E-state index contributed by atoms with van der Waals surface area (Å²) in [6.45, 7) is 9.56. The number of carbonyl (C=O) groups is 2. The molecule has 2 unspecified atom stereocenters. The van der Waals surface area contributed by atoms with Crippen LogP contribution >= 0.6 is 11.8 Å². The highest BCUT2D eigenvalue weighted by Crippen LogP contribution is 2.32. The average Bonchev–Trinajstić information content (AvgIpc) is 2.87. The van der Waals surface area contributed by atoms with Crippen LogP contribution in [0.25, 0.3) is 0 Å². The van der Waals surface area contributed by atoms with Gasteiger partial charge in [0.2, 0.25) is 5.91 Å². The molecule has 1 fully saturated rings. The molecule has 9 heteroatoms. The van der Waals surface area contributed by atoms with Gasteiger partial charge in [-0.2, -0.15) is 0 Å². The molecule has 2 aliphatic rings. The third kappa shape index (κ3) is 6.58. The maximum absolute atomic E-state index is 13.2. The SMILES string of the molecule is COC(C(=O)NC1CSc2ccccc2NC1=O)[C@@H]1OC(C)(C)O[C@H](C=CC(C)(C)C)[C@@H]1O. The van der Waals surface area contributed by atoms with Crippen LogP contribution in [0, 0.1) is 5.41 Å². The van der Waals surface area contributed by atoms with Gasteiger partial charge in [-0.15, -0.1) is 11.8 Å². The maximum Gasteiger partial charge on any atom is 0.252 e. The highest BCUT2D eigenvalue weighted by Gasteiger charge is 2.48. The van der Waals surface area contributed by atoms with Gasteiger partial charge in [0.1, 0.15) is 24.4 Å². The van der Waals surface area contributed by atoms with Crippen molar-refractivity contribution in [1.29, 1.82) is 0 Å². The van der Waals surface area contributed by atoms with Crippen molar-refractivity contribution in [3.8, 4) is 0 Å². The Morgan fingerprint density at radius 3 is 2.70 bits per heavy atom. The number of hydrogen-bond acceptors (Lipinski definition) is 7. The van der Waals surface area contributed by atoms with Crippen molar-refractivity contribution in [2.24, 2.45) is 5.41 Å². The van der Waals surface area contributed by atoms with Gasteiger partial charge in [-0.05, 0) is 31.4 Å². The van der Waals surface area contributed by atoms with Gasteiger partial charge in [-0.3, -0.25) is 9.59 Å². The summed E-state index contributed by atoms with van der Waals surface area (Å²) in [4.78, 5) is 26.8. The minimum atomic E-state index is -1.14. The molecule has 0 aromatic heterocycles. The standard InChI is InChI=1S/C24H34N2O6S/c1-23(2,3)12-11-16-18(27)19(32-24(4,5)31-16)20(30-6)22(29)26-15-13-33-17-10-8-7-9-14(17)25-21(15)28/h7-12,15-16,18-20,27H,13H2,1-6H3,(H,25,28)(H,26,29)/t15?,16-,18+,19-,20?/m1/s1. The fourth-order valence-corrected chi connectivity index (χ4v) is 4.73. The zero-order valence-electron chi connectivity index (χ0n) is 20.0. The van der Waals surface area contributed by atoms with E-state index in [2.05, 4.69) is 10.6 Å². The van der Waals surface area contributed by atoms with Crippen molar-refractivity contribution >= 4 is 29.3 Å². The molecular formula is C24H34N2O6S. The van der Waals surface area contributed by atoms with Gasteiger partial charge in [-0.25, -0.2) is 0 Å². The number of thioether (sulfide) groups is 1. The summed E-state index contributed by atoms with van der Waals surface area (Å²) < 4.78 is 17.3. The number of hydrogen-bond donors (Lipinski definition) is 3. The molecule has 1 aromatic rings. The molecule has 2 heterocycles. The monoisotopic (exact) mass is 478 g/mol. The maximum atomic E-state index is 13.2. The molecule has 0 aliphatic carbocycles. The number of nitrogens with one attached hydrogen (secondary N) is 2. The molecule has 5 atom stereocenters. The number of rotatable bonds is 5. The summed E-state index contributed by atoms with van der Waals surface area (Å²) in [5.41, 5.74) is 0.604. The molecular weight excluding hydrogens is 444 g/mol. The number of para-hydroxylation sites is 1. The van der Waals surface area contributed by atoms with E-state index in [9.17, 15) is 14.7 Å². The zero-order chi connectivity index (χ0) is 24.4. The summed E-state index contributed by atoms with van der Waals surface area (Å²) in [5, 5.41) is 16.6. The van der Waals surface area contributed by atoms with Crippen molar-refractivity contribution in [3.05, 3.63) is 36.4 Å². The van der Waals surface area contributed by atoms with Gasteiger partial charge < -0.3 is 30.0 Å². The van der Waals surface area contributed by atoms with Gasteiger partial charge in [0.15, 0.2) is 11.9 Å². The van der Waals surface area contributed by atoms with Gasteiger partial charge in [0, 0.05) is 17.8 Å². The Morgan fingerprint density at radius 1 is 1.33 bits per heavy atom. The second kappa shape index (κ2) is 10.1. The highest BCUT2D eigenvalue weighted by molar-refractivity contribution is 7.99. The van der Waals surface area contributed by atoms with E-state index in [0.29, 0.717) is 11.4 Å². The second-order valence-corrected chi connectivity index (χ2v) is 10.9. The van der Waals surface area contributed by atoms with E-state index in [1.807, 2.05) is 51.1 Å². The Bertz CT molecular complexity index is 897. The Kier molecular flexibility index (Phi) is 7.91. The number of allylic oxidation sites excluding steroid dienone is 1. The molecule has 3 rings (SSSR count). The average molecular weight is 479 g/mol. The lowest BCUT2D eigenvalue weighted by Crippen LogP contribution is -2.62. The lowest BCUT2D eigenvalue weighted by atomic mass is 9.93. The third-order valence-corrected chi connectivity index (χ3v) is 6.46. The summed E-state index contributed by atoms with van der Waals surface area (Å²) in [7, 11) is 1.38.